The number of rotatable bonds is 7. The molecule has 0 saturated heterocycles. The molecule has 0 spiro atoms. The van der Waals surface area contributed by atoms with E-state index in [0.29, 0.717) is 5.92 Å². The van der Waals surface area contributed by atoms with Crippen molar-refractivity contribution >= 4 is 0 Å². The van der Waals surface area contributed by atoms with Gasteiger partial charge in [-0.2, -0.15) is 0 Å². The maximum absolute atomic E-state index is 10.0. The van der Waals surface area contributed by atoms with E-state index < -0.39 is 0 Å². The van der Waals surface area contributed by atoms with E-state index in [4.69, 9.17) is 4.74 Å². The number of aryl methyl sites for hydroxylation is 1. The van der Waals surface area contributed by atoms with Crippen LogP contribution in [0.4, 0.5) is 0 Å². The fourth-order valence-corrected chi connectivity index (χ4v) is 3.39. The SMILES string of the molecule is C=COc1cc(O)cc(CCCCC)c1[C@@H]1C=C(C)CCC1. The third-order valence-corrected chi connectivity index (χ3v) is 4.42. The third-order valence-electron chi connectivity index (χ3n) is 4.42. The Hall–Kier alpha value is -1.70. The van der Waals surface area contributed by atoms with Crippen LogP contribution in [0.2, 0.25) is 0 Å². The van der Waals surface area contributed by atoms with Crippen molar-refractivity contribution in [1.29, 1.82) is 0 Å². The lowest BCUT2D eigenvalue weighted by molar-refractivity contribution is 0.445. The molecule has 2 heteroatoms. The van der Waals surface area contributed by atoms with Gasteiger partial charge in [0.25, 0.3) is 0 Å². The van der Waals surface area contributed by atoms with Gasteiger partial charge in [-0.3, -0.25) is 0 Å². The van der Waals surface area contributed by atoms with E-state index >= 15 is 0 Å². The summed E-state index contributed by atoms with van der Waals surface area (Å²) in [4.78, 5) is 0. The minimum Gasteiger partial charge on any atom is -0.508 e. The van der Waals surface area contributed by atoms with E-state index in [2.05, 4.69) is 26.5 Å². The maximum atomic E-state index is 10.0. The van der Waals surface area contributed by atoms with Gasteiger partial charge in [-0.05, 0) is 50.7 Å². The summed E-state index contributed by atoms with van der Waals surface area (Å²) in [5.41, 5.74) is 3.92. The zero-order valence-corrected chi connectivity index (χ0v) is 13.9. The Morgan fingerprint density at radius 1 is 1.36 bits per heavy atom. The Morgan fingerprint density at radius 3 is 2.86 bits per heavy atom. The summed E-state index contributed by atoms with van der Waals surface area (Å²) < 4.78 is 5.63. The fraction of sp³-hybridized carbons (Fsp3) is 0.500. The second-order valence-corrected chi connectivity index (χ2v) is 6.27. The molecule has 0 radical (unpaired) electrons. The quantitative estimate of drug-likeness (QED) is 0.388. The predicted octanol–water partition coefficient (Wildman–Crippen LogP) is 5.86. The molecule has 2 nitrogen and oxygen atoms in total. The van der Waals surface area contributed by atoms with Gasteiger partial charge in [-0.15, -0.1) is 0 Å². The molecule has 0 amide bonds. The lowest BCUT2D eigenvalue weighted by atomic mass is 9.82. The van der Waals surface area contributed by atoms with Crippen molar-refractivity contribution in [3.05, 3.63) is 47.7 Å². The van der Waals surface area contributed by atoms with Crippen LogP contribution in [-0.4, -0.2) is 5.11 Å². The molecule has 1 atom stereocenters. The largest absolute Gasteiger partial charge is 0.508 e. The first kappa shape index (κ1) is 16.7. The fourth-order valence-electron chi connectivity index (χ4n) is 3.39. The average molecular weight is 300 g/mol. The van der Waals surface area contributed by atoms with Crippen LogP contribution in [0, 0.1) is 0 Å². The van der Waals surface area contributed by atoms with Gasteiger partial charge in [-0.25, -0.2) is 0 Å². The van der Waals surface area contributed by atoms with Crippen LogP contribution in [0.5, 0.6) is 11.5 Å². The molecule has 1 aromatic carbocycles. The van der Waals surface area contributed by atoms with E-state index in [0.717, 1.165) is 25.0 Å². The Labute approximate surface area is 134 Å². The van der Waals surface area contributed by atoms with E-state index in [1.54, 1.807) is 6.07 Å². The standard InChI is InChI=1S/C20H28O2/c1-4-6-7-10-17-13-18(21)14-19(22-5-2)20(17)16-11-8-9-15(3)12-16/h5,12-14,16,21H,2,4,6-11H2,1,3H3/t16-/m0/s1. The molecule has 0 fully saturated rings. The number of hydrogen-bond acceptors (Lipinski definition) is 2. The van der Waals surface area contributed by atoms with E-state index in [-0.39, 0.29) is 5.75 Å². The zero-order chi connectivity index (χ0) is 15.9. The third kappa shape index (κ3) is 4.16. The van der Waals surface area contributed by atoms with E-state index in [1.165, 1.54) is 48.6 Å². The molecule has 0 aromatic heterocycles. The molecule has 0 unspecified atom stereocenters. The minimum absolute atomic E-state index is 0.281. The van der Waals surface area contributed by atoms with Gasteiger partial charge >= 0.3 is 0 Å². The molecular formula is C20H28O2. The predicted molar refractivity (Wildman–Crippen MR) is 92.5 cm³/mol. The molecule has 0 aliphatic heterocycles. The van der Waals surface area contributed by atoms with Gasteiger partial charge in [0.1, 0.15) is 11.5 Å². The van der Waals surface area contributed by atoms with Gasteiger partial charge in [0.2, 0.25) is 0 Å². The molecule has 22 heavy (non-hydrogen) atoms. The van der Waals surface area contributed by atoms with Crippen molar-refractivity contribution < 1.29 is 9.84 Å². The monoisotopic (exact) mass is 300 g/mol. The summed E-state index contributed by atoms with van der Waals surface area (Å²) in [6.07, 6.45) is 11.9. The highest BCUT2D eigenvalue weighted by molar-refractivity contribution is 5.50. The number of phenols is 1. The van der Waals surface area contributed by atoms with Gasteiger partial charge in [0, 0.05) is 17.5 Å². The Morgan fingerprint density at radius 2 is 2.18 bits per heavy atom. The number of allylic oxidation sites excluding steroid dienone is 2. The molecule has 0 saturated carbocycles. The maximum Gasteiger partial charge on any atom is 0.134 e. The molecular weight excluding hydrogens is 272 g/mol. The summed E-state index contributed by atoms with van der Waals surface area (Å²) >= 11 is 0. The van der Waals surface area contributed by atoms with Gasteiger partial charge in [-0.1, -0.05) is 38.0 Å². The van der Waals surface area contributed by atoms with Crippen molar-refractivity contribution in [3.63, 3.8) is 0 Å². The molecule has 0 heterocycles. The van der Waals surface area contributed by atoms with Crippen LogP contribution in [0.25, 0.3) is 0 Å². The highest BCUT2D eigenvalue weighted by atomic mass is 16.5. The number of phenolic OH excluding ortho intramolecular Hbond substituents is 1. The topological polar surface area (TPSA) is 29.5 Å². The number of benzene rings is 1. The van der Waals surface area contributed by atoms with Crippen LogP contribution in [0.1, 0.15) is 69.4 Å². The van der Waals surface area contributed by atoms with E-state index in [9.17, 15) is 5.11 Å². The second kappa shape index (κ2) is 8.07. The van der Waals surface area contributed by atoms with Crippen molar-refractivity contribution in [2.45, 2.75) is 64.7 Å². The molecule has 1 aromatic rings. The first-order valence-corrected chi connectivity index (χ1v) is 8.46. The number of hydrogen-bond donors (Lipinski definition) is 1. The van der Waals surface area contributed by atoms with Crippen LogP contribution in [-0.2, 0) is 6.42 Å². The summed E-state index contributed by atoms with van der Waals surface area (Å²) in [6, 6.07) is 3.64. The first-order chi connectivity index (χ1) is 10.7. The summed E-state index contributed by atoms with van der Waals surface area (Å²) in [6.45, 7) is 8.09. The smallest absolute Gasteiger partial charge is 0.134 e. The normalized spacial score (nSPS) is 17.9. The Kier molecular flexibility index (Phi) is 6.11. The first-order valence-electron chi connectivity index (χ1n) is 8.46. The molecule has 1 N–H and O–H groups in total. The molecule has 1 aliphatic rings. The van der Waals surface area contributed by atoms with Gasteiger partial charge in [0.05, 0.1) is 6.26 Å². The van der Waals surface area contributed by atoms with Crippen LogP contribution >= 0.6 is 0 Å². The van der Waals surface area contributed by atoms with Crippen LogP contribution in [0.15, 0.2) is 36.6 Å². The second-order valence-electron chi connectivity index (χ2n) is 6.27. The molecule has 0 bridgehead atoms. The van der Waals surface area contributed by atoms with Crippen LogP contribution in [0.3, 0.4) is 0 Å². The summed E-state index contributed by atoms with van der Waals surface area (Å²) in [7, 11) is 0. The number of ether oxygens (including phenoxy) is 1. The average Bonchev–Trinajstić information content (AvgIpc) is 2.47. The van der Waals surface area contributed by atoms with Crippen molar-refractivity contribution in [2.75, 3.05) is 0 Å². The molecule has 2 rings (SSSR count). The van der Waals surface area contributed by atoms with Crippen molar-refractivity contribution in [1.82, 2.24) is 0 Å². The lowest BCUT2D eigenvalue weighted by Gasteiger charge is -2.25. The number of unbranched alkanes of at least 4 members (excludes halogenated alkanes) is 2. The van der Waals surface area contributed by atoms with Gasteiger partial charge < -0.3 is 9.84 Å². The molecule has 120 valence electrons. The summed E-state index contributed by atoms with van der Waals surface area (Å²) in [5.74, 6) is 1.43. The highest BCUT2D eigenvalue weighted by Crippen LogP contribution is 2.40. The zero-order valence-electron chi connectivity index (χ0n) is 13.9. The van der Waals surface area contributed by atoms with Crippen LogP contribution < -0.4 is 4.74 Å². The molecule has 1 aliphatic carbocycles. The summed E-state index contributed by atoms with van der Waals surface area (Å²) in [5, 5.41) is 10.0. The number of aromatic hydroxyl groups is 1. The van der Waals surface area contributed by atoms with Crippen molar-refractivity contribution in [3.8, 4) is 11.5 Å². The highest BCUT2D eigenvalue weighted by Gasteiger charge is 2.22. The van der Waals surface area contributed by atoms with E-state index in [1.807, 2.05) is 6.07 Å². The lowest BCUT2D eigenvalue weighted by Crippen LogP contribution is -2.07. The van der Waals surface area contributed by atoms with Crippen molar-refractivity contribution in [2.24, 2.45) is 0 Å². The van der Waals surface area contributed by atoms with Gasteiger partial charge in [0.15, 0.2) is 0 Å². The Bertz CT molecular complexity index is 543. The minimum atomic E-state index is 0.281. The Balaban J connectivity index is 2.41.